The van der Waals surface area contributed by atoms with E-state index in [2.05, 4.69) is 25.3 Å². The zero-order valence-corrected chi connectivity index (χ0v) is 22.0. The van der Waals surface area contributed by atoms with Gasteiger partial charge in [-0.1, -0.05) is 78.8 Å². The van der Waals surface area contributed by atoms with Crippen LogP contribution in [0, 0.1) is 10.1 Å². The van der Waals surface area contributed by atoms with Gasteiger partial charge in [-0.15, -0.1) is 0 Å². The number of piperidine rings is 1. The second kappa shape index (κ2) is 11.4. The van der Waals surface area contributed by atoms with E-state index in [4.69, 9.17) is 9.36 Å². The molecule has 1 aliphatic rings. The molecule has 2 aromatic carbocycles. The summed E-state index contributed by atoms with van der Waals surface area (Å²) in [5.41, 5.74) is 3.26. The second-order valence-electron chi connectivity index (χ2n) is 9.73. The molecule has 0 bridgehead atoms. The van der Waals surface area contributed by atoms with Crippen molar-refractivity contribution in [2.45, 2.75) is 45.4 Å². The van der Waals surface area contributed by atoms with Gasteiger partial charge in [-0.3, -0.25) is 10.1 Å². The summed E-state index contributed by atoms with van der Waals surface area (Å²) in [7, 11) is 0. The van der Waals surface area contributed by atoms with Crippen LogP contribution < -0.4 is 9.74 Å². The molecule has 0 unspecified atom stereocenters. The predicted molar refractivity (Wildman–Crippen MR) is 146 cm³/mol. The third-order valence-electron chi connectivity index (χ3n) is 6.75. The average molecular weight is 528 g/mol. The molecular formula is C28H29N7O4. The molecule has 5 rings (SSSR count). The molecule has 0 radical (unpaired) electrons. The van der Waals surface area contributed by atoms with Crippen molar-refractivity contribution in [2.75, 3.05) is 18.0 Å². The third kappa shape index (κ3) is 5.77. The summed E-state index contributed by atoms with van der Waals surface area (Å²) in [5, 5.41) is 20.3. The third-order valence-corrected chi connectivity index (χ3v) is 6.75. The van der Waals surface area contributed by atoms with E-state index in [9.17, 15) is 10.1 Å². The standard InChI is InChI=1S/C28H29N7O4/c1-18(2)25-31-27(38-33-25)23-13-15-34(16-14-23)26-24(35(36)37)28(30-17-29-26)39-32-19(3)20-9-11-22(12-10-20)21-7-5-4-6-8-21/h4-12,17-18,23H,13-16H2,1-3H3/b32-19-. The molecule has 11 nitrogen and oxygen atoms in total. The van der Waals surface area contributed by atoms with Gasteiger partial charge in [0.15, 0.2) is 5.82 Å². The van der Waals surface area contributed by atoms with E-state index in [1.54, 1.807) is 6.92 Å². The van der Waals surface area contributed by atoms with Crippen LogP contribution in [0.2, 0.25) is 0 Å². The molecule has 3 heterocycles. The summed E-state index contributed by atoms with van der Waals surface area (Å²) in [6.45, 7) is 6.88. The Labute approximate surface area is 225 Å². The highest BCUT2D eigenvalue weighted by atomic mass is 16.7. The molecule has 0 N–H and O–H groups in total. The lowest BCUT2D eigenvalue weighted by Gasteiger charge is -2.30. The molecule has 0 spiro atoms. The van der Waals surface area contributed by atoms with E-state index in [1.165, 1.54) is 6.33 Å². The first-order valence-corrected chi connectivity index (χ1v) is 12.9. The van der Waals surface area contributed by atoms with Crippen LogP contribution in [-0.4, -0.2) is 43.8 Å². The number of rotatable bonds is 8. The van der Waals surface area contributed by atoms with Crippen molar-refractivity contribution in [1.82, 2.24) is 20.1 Å². The fraction of sp³-hybridized carbons (Fsp3) is 0.321. The van der Waals surface area contributed by atoms with Gasteiger partial charge in [0.2, 0.25) is 11.7 Å². The van der Waals surface area contributed by atoms with Gasteiger partial charge in [0, 0.05) is 24.9 Å². The van der Waals surface area contributed by atoms with Crippen molar-refractivity contribution in [3.05, 3.63) is 88.3 Å². The van der Waals surface area contributed by atoms with Gasteiger partial charge in [0.1, 0.15) is 6.33 Å². The first-order chi connectivity index (χ1) is 18.9. The van der Waals surface area contributed by atoms with Crippen LogP contribution in [-0.2, 0) is 0 Å². The molecule has 1 saturated heterocycles. The van der Waals surface area contributed by atoms with Crippen molar-refractivity contribution in [3.8, 4) is 17.0 Å². The normalized spacial score (nSPS) is 14.6. The van der Waals surface area contributed by atoms with Crippen LogP contribution in [0.4, 0.5) is 11.5 Å². The van der Waals surface area contributed by atoms with Gasteiger partial charge >= 0.3 is 11.6 Å². The summed E-state index contributed by atoms with van der Waals surface area (Å²) in [4.78, 5) is 31.7. The molecular weight excluding hydrogens is 498 g/mol. The highest BCUT2D eigenvalue weighted by molar-refractivity contribution is 5.98. The van der Waals surface area contributed by atoms with E-state index in [-0.39, 0.29) is 29.2 Å². The van der Waals surface area contributed by atoms with Gasteiger partial charge in [0.05, 0.1) is 10.6 Å². The molecule has 0 amide bonds. The van der Waals surface area contributed by atoms with Crippen molar-refractivity contribution in [1.29, 1.82) is 0 Å². The van der Waals surface area contributed by atoms with Crippen molar-refractivity contribution in [3.63, 3.8) is 0 Å². The van der Waals surface area contributed by atoms with Crippen LogP contribution in [0.15, 0.2) is 70.6 Å². The minimum absolute atomic E-state index is 0.0957. The molecule has 200 valence electrons. The van der Waals surface area contributed by atoms with Gasteiger partial charge in [-0.25, -0.2) is 4.98 Å². The highest BCUT2D eigenvalue weighted by Gasteiger charge is 2.33. The van der Waals surface area contributed by atoms with Crippen LogP contribution in [0.5, 0.6) is 5.88 Å². The summed E-state index contributed by atoms with van der Waals surface area (Å²) in [6.07, 6.45) is 2.66. The molecule has 39 heavy (non-hydrogen) atoms. The Morgan fingerprint density at radius 3 is 2.41 bits per heavy atom. The van der Waals surface area contributed by atoms with E-state index in [0.717, 1.165) is 16.7 Å². The van der Waals surface area contributed by atoms with Gasteiger partial charge < -0.3 is 14.3 Å². The molecule has 4 aromatic rings. The molecule has 1 fully saturated rings. The van der Waals surface area contributed by atoms with E-state index in [0.29, 0.717) is 43.4 Å². The number of anilines is 1. The second-order valence-corrected chi connectivity index (χ2v) is 9.73. The maximum Gasteiger partial charge on any atom is 0.375 e. The quantitative estimate of drug-likeness (QED) is 0.160. The van der Waals surface area contributed by atoms with Crippen molar-refractivity contribution >= 4 is 17.2 Å². The maximum atomic E-state index is 12.1. The summed E-state index contributed by atoms with van der Waals surface area (Å²) in [6, 6.07) is 17.9. The number of hydrogen-bond donors (Lipinski definition) is 0. The molecule has 0 saturated carbocycles. The summed E-state index contributed by atoms with van der Waals surface area (Å²) >= 11 is 0. The predicted octanol–water partition coefficient (Wildman–Crippen LogP) is 5.75. The fourth-order valence-electron chi connectivity index (χ4n) is 4.50. The number of benzene rings is 2. The Morgan fingerprint density at radius 1 is 1.08 bits per heavy atom. The number of aromatic nitrogens is 4. The first-order valence-electron chi connectivity index (χ1n) is 12.9. The van der Waals surface area contributed by atoms with E-state index < -0.39 is 4.92 Å². The Hall–Kier alpha value is -4.67. The summed E-state index contributed by atoms with van der Waals surface area (Å²) < 4.78 is 5.46. The molecule has 1 aliphatic heterocycles. The molecule has 11 heteroatoms. The monoisotopic (exact) mass is 527 g/mol. The van der Waals surface area contributed by atoms with Gasteiger partial charge in [-0.2, -0.15) is 9.97 Å². The summed E-state index contributed by atoms with van der Waals surface area (Å²) in [5.74, 6) is 1.58. The zero-order chi connectivity index (χ0) is 27.4. The van der Waals surface area contributed by atoms with Crippen LogP contribution in [0.25, 0.3) is 11.1 Å². The Bertz CT molecular complexity index is 1460. The average Bonchev–Trinajstić information content (AvgIpc) is 3.47. The van der Waals surface area contributed by atoms with Crippen molar-refractivity contribution < 1.29 is 14.3 Å². The van der Waals surface area contributed by atoms with Crippen LogP contribution in [0.3, 0.4) is 0 Å². The topological polar surface area (TPSA) is 133 Å². The number of nitro groups is 1. The minimum Gasteiger partial charge on any atom is -0.351 e. The molecule has 0 aliphatic carbocycles. The Balaban J connectivity index is 1.30. The highest BCUT2D eigenvalue weighted by Crippen LogP contribution is 2.37. The largest absolute Gasteiger partial charge is 0.375 e. The van der Waals surface area contributed by atoms with Crippen LogP contribution in [0.1, 0.15) is 62.7 Å². The molecule has 0 atom stereocenters. The lowest BCUT2D eigenvalue weighted by molar-refractivity contribution is -0.385. The Morgan fingerprint density at radius 2 is 1.77 bits per heavy atom. The zero-order valence-electron chi connectivity index (χ0n) is 22.0. The van der Waals surface area contributed by atoms with E-state index in [1.807, 2.05) is 73.3 Å². The Kier molecular flexibility index (Phi) is 7.57. The number of nitrogens with zero attached hydrogens (tertiary/aromatic N) is 7. The van der Waals surface area contributed by atoms with Crippen molar-refractivity contribution in [2.24, 2.45) is 5.16 Å². The smallest absolute Gasteiger partial charge is 0.351 e. The van der Waals surface area contributed by atoms with Gasteiger partial charge in [0.25, 0.3) is 0 Å². The minimum atomic E-state index is -0.525. The number of oxime groups is 1. The SMILES string of the molecule is C/C(=N/Oc1ncnc(N2CCC(c3nc(C(C)C)no3)CC2)c1[N+](=O)[O-])c1ccc(-c2ccccc2)cc1. The first kappa shape index (κ1) is 26.0. The fourth-order valence-corrected chi connectivity index (χ4v) is 4.50. The lowest BCUT2D eigenvalue weighted by Crippen LogP contribution is -2.34. The van der Waals surface area contributed by atoms with Crippen LogP contribution >= 0.6 is 0 Å². The molecule has 2 aromatic heterocycles. The number of hydrogen-bond acceptors (Lipinski definition) is 10. The van der Waals surface area contributed by atoms with Gasteiger partial charge in [-0.05, 0) is 36.5 Å². The maximum absolute atomic E-state index is 12.1. The van der Waals surface area contributed by atoms with E-state index >= 15 is 0 Å². The lowest BCUT2D eigenvalue weighted by atomic mass is 9.96.